The number of aryl methyl sites for hydroxylation is 1. The molecule has 1 aromatic carbocycles. The quantitative estimate of drug-likeness (QED) is 0.675. The molecular weight excluding hydrogens is 262 g/mol. The van der Waals surface area contributed by atoms with Gasteiger partial charge in [0.25, 0.3) is 0 Å². The van der Waals surface area contributed by atoms with Crippen LogP contribution < -0.4 is 11.2 Å². The summed E-state index contributed by atoms with van der Waals surface area (Å²) in [5, 5.41) is 10.9. The number of nitrogens with one attached hydrogen (secondary N) is 1. The van der Waals surface area contributed by atoms with Gasteiger partial charge >= 0.3 is 16.9 Å². The first kappa shape index (κ1) is 13.7. The van der Waals surface area contributed by atoms with Gasteiger partial charge in [-0.25, -0.2) is 9.36 Å². The fourth-order valence-electron chi connectivity index (χ4n) is 2.09. The van der Waals surface area contributed by atoms with E-state index in [1.165, 1.54) is 6.92 Å². The highest BCUT2D eigenvalue weighted by Crippen LogP contribution is 2.15. The Morgan fingerprint density at radius 1 is 1.25 bits per heavy atom. The molecule has 0 saturated heterocycles. The molecule has 0 radical (unpaired) electrons. The van der Waals surface area contributed by atoms with Crippen molar-refractivity contribution in [3.63, 3.8) is 0 Å². The summed E-state index contributed by atoms with van der Waals surface area (Å²) in [6, 6.07) is 8.26. The molecule has 20 heavy (non-hydrogen) atoms. The van der Waals surface area contributed by atoms with Gasteiger partial charge in [0.15, 0.2) is 0 Å². The highest BCUT2D eigenvalue weighted by Gasteiger charge is 2.24. The lowest BCUT2D eigenvalue weighted by molar-refractivity contribution is -0.387. The predicted molar refractivity (Wildman–Crippen MR) is 73.0 cm³/mol. The molecule has 0 saturated carbocycles. The van der Waals surface area contributed by atoms with E-state index in [9.17, 15) is 19.7 Å². The van der Waals surface area contributed by atoms with Gasteiger partial charge in [-0.05, 0) is 19.4 Å². The van der Waals surface area contributed by atoms with Crippen molar-refractivity contribution < 1.29 is 4.92 Å². The first-order valence-corrected chi connectivity index (χ1v) is 5.98. The molecule has 1 heterocycles. The summed E-state index contributed by atoms with van der Waals surface area (Å²) in [6.45, 7) is 2.98. The predicted octanol–water partition coefficient (Wildman–Crippen LogP) is 1.36. The van der Waals surface area contributed by atoms with Gasteiger partial charge in [0.2, 0.25) is 0 Å². The Bertz CT molecular complexity index is 761. The Morgan fingerprint density at radius 3 is 2.40 bits per heavy atom. The summed E-state index contributed by atoms with van der Waals surface area (Å²) in [7, 11) is 0. The Balaban J connectivity index is 2.70. The molecule has 0 aliphatic rings. The van der Waals surface area contributed by atoms with Crippen LogP contribution in [0.1, 0.15) is 24.2 Å². The van der Waals surface area contributed by atoms with Crippen molar-refractivity contribution in [3.05, 3.63) is 72.5 Å². The van der Waals surface area contributed by atoms with Gasteiger partial charge in [0.1, 0.15) is 5.69 Å². The van der Waals surface area contributed by atoms with E-state index in [1.807, 2.05) is 0 Å². The maximum atomic E-state index is 12.2. The molecule has 0 spiro atoms. The summed E-state index contributed by atoms with van der Waals surface area (Å²) in [6.07, 6.45) is 0. The minimum atomic E-state index is -0.896. The second-order valence-corrected chi connectivity index (χ2v) is 4.42. The molecule has 0 bridgehead atoms. The molecule has 7 heteroatoms. The van der Waals surface area contributed by atoms with E-state index in [1.54, 1.807) is 37.3 Å². The fourth-order valence-corrected chi connectivity index (χ4v) is 2.09. The van der Waals surface area contributed by atoms with Crippen molar-refractivity contribution in [3.8, 4) is 0 Å². The molecule has 1 N–H and O–H groups in total. The zero-order chi connectivity index (χ0) is 14.9. The molecule has 1 atom stereocenters. The third-order valence-corrected chi connectivity index (χ3v) is 3.14. The van der Waals surface area contributed by atoms with Gasteiger partial charge < -0.3 is 4.98 Å². The van der Waals surface area contributed by atoms with Gasteiger partial charge in [0.05, 0.1) is 11.0 Å². The molecule has 104 valence electrons. The number of H-pyrrole nitrogens is 1. The Kier molecular flexibility index (Phi) is 3.51. The number of aromatic amines is 1. The monoisotopic (exact) mass is 275 g/mol. The van der Waals surface area contributed by atoms with E-state index >= 15 is 0 Å². The van der Waals surface area contributed by atoms with Crippen LogP contribution in [0.2, 0.25) is 0 Å². The van der Waals surface area contributed by atoms with E-state index in [0.717, 1.165) is 10.1 Å². The molecule has 0 amide bonds. The van der Waals surface area contributed by atoms with Gasteiger partial charge in [-0.15, -0.1) is 0 Å². The molecule has 0 fully saturated rings. The highest BCUT2D eigenvalue weighted by molar-refractivity contribution is 5.32. The summed E-state index contributed by atoms with van der Waals surface area (Å²) >= 11 is 0. The van der Waals surface area contributed by atoms with Crippen molar-refractivity contribution in [2.24, 2.45) is 0 Å². The van der Waals surface area contributed by atoms with Crippen LogP contribution in [0.4, 0.5) is 5.69 Å². The van der Waals surface area contributed by atoms with Crippen molar-refractivity contribution in [1.29, 1.82) is 0 Å². The lowest BCUT2D eigenvalue weighted by atomic mass is 10.1. The average Bonchev–Trinajstić information content (AvgIpc) is 2.38. The number of nitro groups is 1. The summed E-state index contributed by atoms with van der Waals surface area (Å²) in [5.74, 6) is 0. The molecule has 2 rings (SSSR count). The summed E-state index contributed by atoms with van der Waals surface area (Å²) in [4.78, 5) is 36.6. The molecule has 2 aromatic rings. The Hall–Kier alpha value is -2.70. The van der Waals surface area contributed by atoms with Crippen molar-refractivity contribution in [1.82, 2.24) is 9.55 Å². The number of benzene rings is 1. The van der Waals surface area contributed by atoms with Crippen LogP contribution in [0.15, 0.2) is 39.9 Å². The molecule has 1 aromatic heterocycles. The van der Waals surface area contributed by atoms with Crippen LogP contribution in [-0.4, -0.2) is 14.5 Å². The van der Waals surface area contributed by atoms with E-state index in [-0.39, 0.29) is 5.69 Å². The largest absolute Gasteiger partial charge is 0.353 e. The molecule has 0 aliphatic heterocycles. The maximum absolute atomic E-state index is 12.2. The molecular formula is C13H13N3O4. The Labute approximate surface area is 113 Å². The fraction of sp³-hybridized carbons (Fsp3) is 0.231. The zero-order valence-electron chi connectivity index (χ0n) is 11.0. The van der Waals surface area contributed by atoms with Crippen LogP contribution >= 0.6 is 0 Å². The number of nitrogens with zero attached hydrogens (tertiary/aromatic N) is 2. The average molecular weight is 275 g/mol. The third kappa shape index (κ3) is 2.25. The Morgan fingerprint density at radius 2 is 1.85 bits per heavy atom. The van der Waals surface area contributed by atoms with Crippen LogP contribution in [0.5, 0.6) is 0 Å². The number of hydrogen-bond acceptors (Lipinski definition) is 4. The zero-order valence-corrected chi connectivity index (χ0v) is 11.0. The summed E-state index contributed by atoms with van der Waals surface area (Å²) < 4.78 is 0.862. The van der Waals surface area contributed by atoms with E-state index in [0.29, 0.717) is 0 Å². The normalized spacial score (nSPS) is 12.1. The van der Waals surface area contributed by atoms with Crippen LogP contribution in [0.3, 0.4) is 0 Å². The summed E-state index contributed by atoms with van der Waals surface area (Å²) in [5.41, 5.74) is -1.48. The minimum Gasteiger partial charge on any atom is -0.305 e. The molecule has 7 nitrogen and oxygen atoms in total. The van der Waals surface area contributed by atoms with Gasteiger partial charge in [-0.1, -0.05) is 30.3 Å². The standard InChI is InChI=1S/C13H13N3O4/c1-8-11(16(19)20)12(17)15(13(18)14-8)9(2)10-6-4-3-5-7-10/h3-7,9H,1-2H3,(H,14,18). The van der Waals surface area contributed by atoms with E-state index in [4.69, 9.17) is 0 Å². The molecule has 1 unspecified atom stereocenters. The van der Waals surface area contributed by atoms with E-state index < -0.39 is 27.9 Å². The highest BCUT2D eigenvalue weighted by atomic mass is 16.6. The van der Waals surface area contributed by atoms with Crippen LogP contribution in [0, 0.1) is 17.0 Å². The first-order chi connectivity index (χ1) is 9.43. The smallest absolute Gasteiger partial charge is 0.305 e. The van der Waals surface area contributed by atoms with Crippen molar-refractivity contribution in [2.75, 3.05) is 0 Å². The SMILES string of the molecule is Cc1[nH]c(=O)n(C(C)c2ccccc2)c(=O)c1[N+](=O)[O-]. The molecule has 0 aliphatic carbocycles. The van der Waals surface area contributed by atoms with E-state index in [2.05, 4.69) is 4.98 Å². The van der Waals surface area contributed by atoms with Crippen LogP contribution in [-0.2, 0) is 0 Å². The first-order valence-electron chi connectivity index (χ1n) is 5.98. The van der Waals surface area contributed by atoms with Gasteiger partial charge in [-0.3, -0.25) is 14.9 Å². The van der Waals surface area contributed by atoms with Gasteiger partial charge in [-0.2, -0.15) is 0 Å². The topological polar surface area (TPSA) is 98.0 Å². The van der Waals surface area contributed by atoms with Crippen molar-refractivity contribution >= 4 is 5.69 Å². The number of aromatic nitrogens is 2. The minimum absolute atomic E-state index is 0.0403. The lowest BCUT2D eigenvalue weighted by Crippen LogP contribution is -2.39. The second-order valence-electron chi connectivity index (χ2n) is 4.42. The third-order valence-electron chi connectivity index (χ3n) is 3.14. The maximum Gasteiger partial charge on any atom is 0.353 e. The number of rotatable bonds is 3. The van der Waals surface area contributed by atoms with Gasteiger partial charge in [0, 0.05) is 0 Å². The second kappa shape index (κ2) is 5.12. The number of hydrogen-bond donors (Lipinski definition) is 1. The van der Waals surface area contributed by atoms with Crippen molar-refractivity contribution in [2.45, 2.75) is 19.9 Å². The lowest BCUT2D eigenvalue weighted by Gasteiger charge is -2.14. The van der Waals surface area contributed by atoms with Crippen LogP contribution in [0.25, 0.3) is 0 Å².